The third-order valence-corrected chi connectivity index (χ3v) is 5.75. The van der Waals surface area contributed by atoms with Crippen molar-refractivity contribution < 1.29 is 13.3 Å². The summed E-state index contributed by atoms with van der Waals surface area (Å²) in [6, 6.07) is 7.14. The van der Waals surface area contributed by atoms with E-state index in [1.54, 1.807) is 18.2 Å². The second kappa shape index (κ2) is 5.18. The van der Waals surface area contributed by atoms with Crippen LogP contribution in [0.5, 0.6) is 0 Å². The van der Waals surface area contributed by atoms with Crippen molar-refractivity contribution in [3.63, 3.8) is 0 Å². The van der Waals surface area contributed by atoms with E-state index in [1.165, 1.54) is 0 Å². The first-order chi connectivity index (χ1) is 9.27. The van der Waals surface area contributed by atoms with Crippen LogP contribution in [-0.4, -0.2) is 24.5 Å². The number of hydrogen-bond donors (Lipinski definition) is 0. The summed E-state index contributed by atoms with van der Waals surface area (Å²) >= 11 is 5.76. The summed E-state index contributed by atoms with van der Waals surface area (Å²) in [6.45, 7) is 0. The van der Waals surface area contributed by atoms with Crippen molar-refractivity contribution in [2.45, 2.75) is 17.7 Å². The highest BCUT2D eigenvalue weighted by atomic mass is 35.5. The Balaban J connectivity index is 2.03. The zero-order valence-corrected chi connectivity index (χ0v) is 12.4. The number of sulfone groups is 1. The number of allylic oxidation sites excluding steroid dienone is 1. The number of benzene rings is 1. The molecule has 1 aliphatic rings. The van der Waals surface area contributed by atoms with Crippen LogP contribution in [0.25, 0.3) is 6.08 Å². The number of rotatable bonds is 5. The fraction of sp³-hybridized carbons (Fsp3) is 0.385. The van der Waals surface area contributed by atoms with Crippen LogP contribution >= 0.6 is 11.6 Å². The van der Waals surface area contributed by atoms with Crippen LogP contribution in [0.4, 0.5) is 0 Å². The zero-order valence-electron chi connectivity index (χ0n) is 10.8. The normalized spacial score (nSPS) is 25.8. The molecule has 0 heterocycles. The van der Waals surface area contributed by atoms with Crippen molar-refractivity contribution in [2.24, 2.45) is 5.92 Å². The van der Waals surface area contributed by atoms with E-state index >= 15 is 0 Å². The Morgan fingerprint density at radius 2 is 2.05 bits per heavy atom. The van der Waals surface area contributed by atoms with E-state index in [-0.39, 0.29) is 6.42 Å². The van der Waals surface area contributed by atoms with Crippen LogP contribution in [0.1, 0.15) is 18.4 Å². The highest BCUT2D eigenvalue weighted by Gasteiger charge is 2.73. The molecule has 0 unspecified atom stereocenters. The Morgan fingerprint density at radius 1 is 1.45 bits per heavy atom. The van der Waals surface area contributed by atoms with E-state index in [1.807, 2.05) is 18.2 Å². The van der Waals surface area contributed by atoms with Gasteiger partial charge < -0.3 is 0 Å². The highest BCUT2D eigenvalue weighted by Crippen LogP contribution is 2.52. The number of nitro groups is 1. The van der Waals surface area contributed by atoms with E-state index < -0.39 is 25.5 Å². The topological polar surface area (TPSA) is 77.3 Å². The van der Waals surface area contributed by atoms with Gasteiger partial charge in [-0.15, -0.1) is 0 Å². The van der Waals surface area contributed by atoms with Crippen LogP contribution in [0.15, 0.2) is 30.3 Å². The molecular weight excluding hydrogens is 302 g/mol. The van der Waals surface area contributed by atoms with Gasteiger partial charge in [-0.25, -0.2) is 8.42 Å². The lowest BCUT2D eigenvalue weighted by Gasteiger charge is -2.05. The monoisotopic (exact) mass is 315 g/mol. The van der Waals surface area contributed by atoms with E-state index in [0.29, 0.717) is 11.4 Å². The van der Waals surface area contributed by atoms with Gasteiger partial charge in [0.15, 0.2) is 0 Å². The fourth-order valence-corrected chi connectivity index (χ4v) is 3.92. The second-order valence-electron chi connectivity index (χ2n) is 4.96. The molecule has 0 amide bonds. The van der Waals surface area contributed by atoms with Crippen LogP contribution < -0.4 is 0 Å². The minimum atomic E-state index is -3.69. The molecule has 0 aromatic heterocycles. The molecular formula is C13H14ClNO4S. The van der Waals surface area contributed by atoms with Gasteiger partial charge in [-0.05, 0) is 24.1 Å². The highest BCUT2D eigenvalue weighted by molar-refractivity contribution is 7.92. The molecule has 20 heavy (non-hydrogen) atoms. The maximum atomic E-state index is 11.6. The maximum absolute atomic E-state index is 11.6. The molecule has 2 rings (SSSR count). The molecule has 1 aliphatic carbocycles. The molecule has 0 spiro atoms. The number of halogens is 1. The third-order valence-electron chi connectivity index (χ3n) is 3.57. The zero-order chi connectivity index (χ0) is 15.0. The lowest BCUT2D eigenvalue weighted by Crippen LogP contribution is -2.33. The minimum Gasteiger partial charge on any atom is -0.263 e. The van der Waals surface area contributed by atoms with E-state index in [4.69, 9.17) is 11.6 Å². The van der Waals surface area contributed by atoms with Gasteiger partial charge in [0.1, 0.15) is 0 Å². The molecule has 0 bridgehead atoms. The van der Waals surface area contributed by atoms with Gasteiger partial charge in [0.25, 0.3) is 0 Å². The second-order valence-corrected chi connectivity index (χ2v) is 7.65. The van der Waals surface area contributed by atoms with Gasteiger partial charge in [-0.1, -0.05) is 35.9 Å². The van der Waals surface area contributed by atoms with Crippen molar-refractivity contribution in [3.8, 4) is 0 Å². The van der Waals surface area contributed by atoms with Crippen LogP contribution in [0.2, 0.25) is 5.02 Å². The molecule has 0 N–H and O–H groups in total. The summed E-state index contributed by atoms with van der Waals surface area (Å²) in [6.07, 6.45) is 4.96. The molecule has 1 aromatic carbocycles. The molecule has 1 aromatic rings. The molecule has 108 valence electrons. The average Bonchev–Trinajstić information content (AvgIpc) is 3.07. The third kappa shape index (κ3) is 2.71. The molecule has 7 heteroatoms. The summed E-state index contributed by atoms with van der Waals surface area (Å²) in [5.41, 5.74) is 0.918. The van der Waals surface area contributed by atoms with Crippen LogP contribution in [0, 0.1) is 16.0 Å². The van der Waals surface area contributed by atoms with E-state index in [9.17, 15) is 18.5 Å². The van der Waals surface area contributed by atoms with Crippen molar-refractivity contribution in [3.05, 3.63) is 51.0 Å². The molecule has 0 aliphatic heterocycles. The van der Waals surface area contributed by atoms with Gasteiger partial charge in [-0.2, -0.15) is 0 Å². The van der Waals surface area contributed by atoms with Crippen LogP contribution in [0.3, 0.4) is 0 Å². The first-order valence-corrected chi connectivity index (χ1v) is 8.30. The Hall–Kier alpha value is -1.40. The van der Waals surface area contributed by atoms with Gasteiger partial charge in [-0.3, -0.25) is 10.1 Å². The molecule has 5 nitrogen and oxygen atoms in total. The van der Waals surface area contributed by atoms with Gasteiger partial charge in [0.05, 0.1) is 5.92 Å². The first kappa shape index (κ1) is 15.0. The summed E-state index contributed by atoms with van der Waals surface area (Å²) in [4.78, 5) is 8.55. The molecule has 0 radical (unpaired) electrons. The molecule has 1 saturated carbocycles. The average molecular weight is 316 g/mol. The largest absolute Gasteiger partial charge is 0.322 e. The molecule has 1 fully saturated rings. The number of nitrogens with zero attached hydrogens (tertiary/aromatic N) is 1. The van der Waals surface area contributed by atoms with Crippen molar-refractivity contribution in [1.82, 2.24) is 0 Å². The van der Waals surface area contributed by atoms with E-state index in [0.717, 1.165) is 11.8 Å². The molecule has 0 saturated heterocycles. The Bertz CT molecular complexity index is 653. The van der Waals surface area contributed by atoms with Gasteiger partial charge in [0, 0.05) is 22.6 Å². The van der Waals surface area contributed by atoms with Gasteiger partial charge >= 0.3 is 4.87 Å². The maximum Gasteiger partial charge on any atom is 0.322 e. The summed E-state index contributed by atoms with van der Waals surface area (Å²) in [5, 5.41) is 11.6. The predicted molar refractivity (Wildman–Crippen MR) is 77.8 cm³/mol. The SMILES string of the molecule is CS(=O)(=O)[C@]1([N+](=O)[O-])C[C@@H]1C/C=C/c1ccc(Cl)cc1. The first-order valence-electron chi connectivity index (χ1n) is 6.03. The molecule has 2 atom stereocenters. The summed E-state index contributed by atoms with van der Waals surface area (Å²) in [7, 11) is -3.69. The van der Waals surface area contributed by atoms with Crippen molar-refractivity contribution >= 4 is 27.5 Å². The predicted octanol–water partition coefficient (Wildman–Crippen LogP) is 2.78. The van der Waals surface area contributed by atoms with E-state index in [2.05, 4.69) is 0 Å². The van der Waals surface area contributed by atoms with Crippen molar-refractivity contribution in [1.29, 1.82) is 0 Å². The quantitative estimate of drug-likeness (QED) is 0.618. The Kier molecular flexibility index (Phi) is 3.88. The van der Waals surface area contributed by atoms with Gasteiger partial charge in [0.2, 0.25) is 9.84 Å². The Morgan fingerprint density at radius 3 is 2.50 bits per heavy atom. The lowest BCUT2D eigenvalue weighted by atomic mass is 10.2. The van der Waals surface area contributed by atoms with Crippen LogP contribution in [-0.2, 0) is 9.84 Å². The fourth-order valence-electron chi connectivity index (χ4n) is 2.32. The summed E-state index contributed by atoms with van der Waals surface area (Å²) < 4.78 is 23.1. The van der Waals surface area contributed by atoms with Crippen molar-refractivity contribution in [2.75, 3.05) is 6.26 Å². The standard InChI is InChI=1S/C13H14ClNO4S/c1-20(18,19)13(15(16)17)9-11(13)4-2-3-10-5-7-12(14)8-6-10/h2-3,5-8,11H,4,9H2,1H3/b3-2+/t11-,13+/m0/s1. The smallest absolute Gasteiger partial charge is 0.263 e. The lowest BCUT2D eigenvalue weighted by molar-refractivity contribution is -0.515. The minimum absolute atomic E-state index is 0.0871. The number of hydrogen-bond acceptors (Lipinski definition) is 4. The Labute approximate surface area is 122 Å². The summed E-state index contributed by atoms with van der Waals surface area (Å²) in [5.74, 6) is -0.448.